The van der Waals surface area contributed by atoms with Gasteiger partial charge in [0.05, 0.1) is 6.54 Å². The van der Waals surface area contributed by atoms with E-state index >= 15 is 0 Å². The van der Waals surface area contributed by atoms with E-state index in [9.17, 15) is 9.59 Å². The van der Waals surface area contributed by atoms with Gasteiger partial charge in [-0.1, -0.05) is 42.5 Å². The second-order valence-corrected chi connectivity index (χ2v) is 6.57. The summed E-state index contributed by atoms with van der Waals surface area (Å²) in [6, 6.07) is 14.0. The third-order valence-electron chi connectivity index (χ3n) is 4.51. The van der Waals surface area contributed by atoms with Crippen molar-refractivity contribution in [2.45, 2.75) is 6.54 Å². The van der Waals surface area contributed by atoms with Crippen LogP contribution in [0.5, 0.6) is 0 Å². The molecule has 0 aliphatic heterocycles. The van der Waals surface area contributed by atoms with Gasteiger partial charge in [0.2, 0.25) is 5.28 Å². The predicted molar refractivity (Wildman–Crippen MR) is 104 cm³/mol. The minimum atomic E-state index is -2.33. The van der Waals surface area contributed by atoms with Crippen LogP contribution in [0, 0.1) is 0 Å². The normalized spacial score (nSPS) is 10.0. The minimum absolute atomic E-state index is 0. The van der Waals surface area contributed by atoms with E-state index in [2.05, 4.69) is 4.98 Å². The molecule has 0 saturated carbocycles. The fraction of sp³-hybridized carbons (Fsp3) is 0.158. The topological polar surface area (TPSA) is 125 Å². The van der Waals surface area contributed by atoms with E-state index in [-0.39, 0.29) is 108 Å². The second kappa shape index (κ2) is 12.2. The summed E-state index contributed by atoms with van der Waals surface area (Å²) in [7, 11) is 3.03. The van der Waals surface area contributed by atoms with Crippen molar-refractivity contribution >= 4 is 39.7 Å². The van der Waals surface area contributed by atoms with Crippen LogP contribution in [0.3, 0.4) is 0 Å². The van der Waals surface area contributed by atoms with Crippen molar-refractivity contribution in [2.75, 3.05) is 0 Å². The van der Waals surface area contributed by atoms with Gasteiger partial charge >= 0.3 is 108 Å². The van der Waals surface area contributed by atoms with E-state index < -0.39 is 17.4 Å². The summed E-state index contributed by atoms with van der Waals surface area (Å²) in [5.74, 6) is 0. The van der Waals surface area contributed by atoms with Gasteiger partial charge in [-0.2, -0.15) is 4.98 Å². The molecule has 4 rings (SSSR count). The number of aromatic nitrogens is 4. The second-order valence-electron chi connectivity index (χ2n) is 6.23. The maximum atomic E-state index is 12.6. The van der Waals surface area contributed by atoms with Crippen molar-refractivity contribution in [1.82, 2.24) is 18.7 Å². The number of benzene rings is 2. The van der Waals surface area contributed by atoms with Gasteiger partial charge in [-0.15, -0.1) is 0 Å². The van der Waals surface area contributed by atoms with Gasteiger partial charge in [-0.05, 0) is 34.1 Å². The molecule has 12 heteroatoms. The smallest absolute Gasteiger partial charge is 0.652 e. The molecular weight excluding hydrogens is 478 g/mol. The summed E-state index contributed by atoms with van der Waals surface area (Å²) >= 11 is 6.31. The summed E-state index contributed by atoms with van der Waals surface area (Å²) in [6.07, 6.45) is -2.33. The first-order valence-electron chi connectivity index (χ1n) is 8.38. The fourth-order valence-corrected chi connectivity index (χ4v) is 3.39. The van der Waals surface area contributed by atoms with E-state index in [1.54, 1.807) is 11.6 Å². The molecule has 9 nitrogen and oxygen atoms in total. The predicted octanol–water partition coefficient (Wildman–Crippen LogP) is -6.15. The largest absolute Gasteiger partial charge is 1.00 e. The third-order valence-corrected chi connectivity index (χ3v) is 4.80. The van der Waals surface area contributed by atoms with Crippen LogP contribution in [-0.4, -0.2) is 24.8 Å². The maximum Gasteiger partial charge on any atom is 1.00 e. The van der Waals surface area contributed by atoms with Crippen molar-refractivity contribution in [1.29, 1.82) is 0 Å². The number of carbonyl (C=O) groups is 1. The summed E-state index contributed by atoms with van der Waals surface area (Å²) in [5, 5.41) is 19.0. The molecule has 150 valence electrons. The van der Waals surface area contributed by atoms with Crippen molar-refractivity contribution < 1.29 is 118 Å². The standard InChI is InChI=1S/C18H15ClN4O2.CH2O3.2K/c1-21-15-14(16(24)22(2)18(21)25)23(17(19)20-15)10-12-8-5-7-11-6-3-4-9-13(11)12;2-1(3)4;;/h3-9H,10H2,1-2H3;(H2,2,3,4);;/q;;2*+1/p-2. The van der Waals surface area contributed by atoms with E-state index in [1.807, 2.05) is 42.5 Å². The van der Waals surface area contributed by atoms with Crippen molar-refractivity contribution in [3.63, 3.8) is 0 Å². The number of imidazole rings is 1. The molecule has 0 amide bonds. The van der Waals surface area contributed by atoms with Crippen LogP contribution in [0.4, 0.5) is 4.79 Å². The van der Waals surface area contributed by atoms with E-state index in [4.69, 9.17) is 26.6 Å². The van der Waals surface area contributed by atoms with Gasteiger partial charge in [0.25, 0.3) is 5.56 Å². The number of carboxylic acid groups (broad SMARTS) is 2. The average molecular weight is 493 g/mol. The Bertz CT molecular complexity index is 1350. The molecule has 4 aromatic rings. The molecule has 0 unspecified atom stereocenters. The van der Waals surface area contributed by atoms with Crippen molar-refractivity contribution in [3.8, 4) is 0 Å². The van der Waals surface area contributed by atoms with Gasteiger partial charge in [-0.25, -0.2) is 4.79 Å². The van der Waals surface area contributed by atoms with Crippen LogP contribution in [-0.2, 0) is 20.6 Å². The summed E-state index contributed by atoms with van der Waals surface area (Å²) in [5.41, 5.74) is 0.804. The first kappa shape index (κ1) is 28.7. The Balaban J connectivity index is 0.000000741. The van der Waals surface area contributed by atoms with E-state index in [1.165, 1.54) is 11.6 Å². The number of halogens is 1. The molecule has 0 radical (unpaired) electrons. The Labute approximate surface area is 266 Å². The molecule has 2 aromatic carbocycles. The number of hydrogen-bond donors (Lipinski definition) is 0. The molecule has 0 aliphatic carbocycles. The zero-order chi connectivity index (χ0) is 21.3. The summed E-state index contributed by atoms with van der Waals surface area (Å²) < 4.78 is 4.06. The zero-order valence-electron chi connectivity index (χ0n) is 17.5. The van der Waals surface area contributed by atoms with Gasteiger partial charge in [0.1, 0.15) is 0 Å². The Hall–Kier alpha value is -0.317. The first-order chi connectivity index (χ1) is 13.7. The van der Waals surface area contributed by atoms with E-state index in [0.29, 0.717) is 17.7 Å². The van der Waals surface area contributed by atoms with Crippen molar-refractivity contribution in [3.05, 3.63) is 74.1 Å². The van der Waals surface area contributed by atoms with Crippen LogP contribution < -0.4 is 124 Å². The number of rotatable bonds is 2. The molecule has 0 aliphatic rings. The number of fused-ring (bicyclic) bond motifs is 2. The Morgan fingerprint density at radius 1 is 1.00 bits per heavy atom. The molecule has 2 heterocycles. The number of nitrogens with zero attached hydrogens (tertiary/aromatic N) is 4. The summed E-state index contributed by atoms with van der Waals surface area (Å²) in [6.45, 7) is 0.393. The molecule has 0 atom stereocenters. The van der Waals surface area contributed by atoms with Crippen LogP contribution in [0.2, 0.25) is 5.28 Å². The number of carbonyl (C=O) groups excluding carboxylic acids is 1. The zero-order valence-corrected chi connectivity index (χ0v) is 24.5. The maximum absolute atomic E-state index is 12.6. The molecule has 31 heavy (non-hydrogen) atoms. The molecular formula is C19H15ClK2N4O5. The summed E-state index contributed by atoms with van der Waals surface area (Å²) in [4.78, 5) is 37.3. The number of aryl methyl sites for hydroxylation is 1. The molecule has 0 fully saturated rings. The third kappa shape index (κ3) is 6.18. The van der Waals surface area contributed by atoms with E-state index in [0.717, 1.165) is 20.9 Å². The van der Waals surface area contributed by atoms with Gasteiger partial charge in [0.15, 0.2) is 11.2 Å². The van der Waals surface area contributed by atoms with Crippen LogP contribution in [0.1, 0.15) is 5.56 Å². The Morgan fingerprint density at radius 3 is 2.23 bits per heavy atom. The Kier molecular flexibility index (Phi) is 11.3. The molecule has 0 N–H and O–H groups in total. The van der Waals surface area contributed by atoms with Crippen LogP contribution in [0.25, 0.3) is 21.9 Å². The molecule has 0 saturated heterocycles. The molecule has 0 spiro atoms. The SMILES string of the molecule is Cn1c(=O)c2c(nc(Cl)n2Cc2cccc3ccccc23)n(C)c1=O.O=C([O-])[O-].[K+].[K+]. The quantitative estimate of drug-likeness (QED) is 0.202. The van der Waals surface area contributed by atoms with Crippen LogP contribution >= 0.6 is 11.6 Å². The molecule has 2 aromatic heterocycles. The Morgan fingerprint density at radius 2 is 1.58 bits per heavy atom. The average Bonchev–Trinajstić information content (AvgIpc) is 3.01. The monoisotopic (exact) mass is 492 g/mol. The molecule has 0 bridgehead atoms. The van der Waals surface area contributed by atoms with Crippen molar-refractivity contribution in [2.24, 2.45) is 14.1 Å². The number of hydrogen-bond acceptors (Lipinski definition) is 6. The first-order valence-corrected chi connectivity index (χ1v) is 8.76. The van der Waals surface area contributed by atoms with Gasteiger partial charge in [-0.3, -0.25) is 13.9 Å². The van der Waals surface area contributed by atoms with Gasteiger partial charge < -0.3 is 19.6 Å². The van der Waals surface area contributed by atoms with Crippen LogP contribution in [0.15, 0.2) is 52.1 Å². The minimum Gasteiger partial charge on any atom is -0.652 e. The van der Waals surface area contributed by atoms with Gasteiger partial charge in [0, 0.05) is 14.1 Å². The fourth-order valence-electron chi connectivity index (χ4n) is 3.16.